The van der Waals surface area contributed by atoms with E-state index in [2.05, 4.69) is 4.98 Å². The third-order valence-electron chi connectivity index (χ3n) is 3.03. The molecule has 0 atom stereocenters. The fourth-order valence-electron chi connectivity index (χ4n) is 2.37. The van der Waals surface area contributed by atoms with Crippen LogP contribution in [0.15, 0.2) is 12.2 Å². The summed E-state index contributed by atoms with van der Waals surface area (Å²) < 4.78 is 0. The van der Waals surface area contributed by atoms with Gasteiger partial charge in [-0.15, -0.1) is 0 Å². The zero-order valence-electron chi connectivity index (χ0n) is 8.50. The second-order valence-corrected chi connectivity index (χ2v) is 4.12. The Bertz CT molecular complexity index is 563. The van der Waals surface area contributed by atoms with E-state index in [0.717, 1.165) is 5.56 Å². The summed E-state index contributed by atoms with van der Waals surface area (Å²) in [5, 5.41) is 0. The van der Waals surface area contributed by atoms with Crippen LogP contribution in [0.1, 0.15) is 38.5 Å². The van der Waals surface area contributed by atoms with Gasteiger partial charge in [0.1, 0.15) is 5.78 Å². The molecule has 4 heteroatoms. The number of carbonyl (C=O) groups is 3. The minimum Gasteiger partial charge on any atom is -0.354 e. The van der Waals surface area contributed by atoms with Gasteiger partial charge in [-0.05, 0) is 18.1 Å². The van der Waals surface area contributed by atoms with Crippen molar-refractivity contribution in [2.45, 2.75) is 19.3 Å². The number of H-pyrrole nitrogens is 1. The van der Waals surface area contributed by atoms with Crippen LogP contribution in [0.3, 0.4) is 0 Å². The molecule has 0 radical (unpaired) electrons. The average molecular weight is 215 g/mol. The average Bonchev–Trinajstić information content (AvgIpc) is 2.57. The van der Waals surface area contributed by atoms with Gasteiger partial charge in [0.15, 0.2) is 5.78 Å². The van der Waals surface area contributed by atoms with E-state index in [1.165, 1.54) is 6.08 Å². The summed E-state index contributed by atoms with van der Waals surface area (Å²) in [6.07, 6.45) is 4.04. The minimum atomic E-state index is -0.160. The Hall–Kier alpha value is -1.97. The van der Waals surface area contributed by atoms with Crippen LogP contribution >= 0.6 is 0 Å². The standard InChI is InChI=1S/C12H9NO3/c14-6-4-8-11(10(16)5-6)7-2-1-3-9(15)12(7)13-8/h1,3,13H,2,4-5H2. The number of hydrogen-bond donors (Lipinski definition) is 1. The number of ketones is 3. The Balaban J connectivity index is 2.23. The van der Waals surface area contributed by atoms with E-state index in [-0.39, 0.29) is 30.2 Å². The predicted octanol–water partition coefficient (Wildman–Crippen LogP) is 1.01. The minimum absolute atomic E-state index is 0.0325. The summed E-state index contributed by atoms with van der Waals surface area (Å²) in [7, 11) is 0. The lowest BCUT2D eigenvalue weighted by Crippen LogP contribution is -2.19. The molecule has 0 unspecified atom stereocenters. The first-order valence-corrected chi connectivity index (χ1v) is 5.16. The van der Waals surface area contributed by atoms with Crippen molar-refractivity contribution in [3.05, 3.63) is 34.7 Å². The SMILES string of the molecule is O=C1CC(=O)c2c([nH]c3c2CC=CC3=O)C1. The number of allylic oxidation sites excluding steroid dienone is 2. The van der Waals surface area contributed by atoms with Gasteiger partial charge >= 0.3 is 0 Å². The molecule has 16 heavy (non-hydrogen) atoms. The van der Waals surface area contributed by atoms with E-state index in [9.17, 15) is 14.4 Å². The number of aromatic nitrogens is 1. The number of nitrogens with one attached hydrogen (secondary N) is 1. The lowest BCUT2D eigenvalue weighted by molar-refractivity contribution is -0.117. The summed E-state index contributed by atoms with van der Waals surface area (Å²) in [5.74, 6) is -0.362. The monoisotopic (exact) mass is 215 g/mol. The molecule has 0 aromatic carbocycles. The molecular weight excluding hydrogens is 206 g/mol. The van der Waals surface area contributed by atoms with E-state index in [1.54, 1.807) is 6.08 Å². The third kappa shape index (κ3) is 1.13. The maximum atomic E-state index is 11.8. The van der Waals surface area contributed by atoms with Crippen molar-refractivity contribution >= 4 is 17.3 Å². The maximum absolute atomic E-state index is 11.8. The van der Waals surface area contributed by atoms with Crippen LogP contribution in [0.5, 0.6) is 0 Å². The van der Waals surface area contributed by atoms with Gasteiger partial charge in [-0.25, -0.2) is 0 Å². The molecule has 0 saturated carbocycles. The van der Waals surface area contributed by atoms with Gasteiger partial charge in [-0.2, -0.15) is 0 Å². The van der Waals surface area contributed by atoms with Crippen molar-refractivity contribution in [3.63, 3.8) is 0 Å². The number of Topliss-reactive ketones (excluding diaryl/α,β-unsaturated/α-hetero) is 2. The Morgan fingerprint density at radius 3 is 2.75 bits per heavy atom. The largest absolute Gasteiger partial charge is 0.354 e. The van der Waals surface area contributed by atoms with E-state index in [1.807, 2.05) is 0 Å². The molecule has 4 nitrogen and oxygen atoms in total. The molecule has 1 heterocycles. The van der Waals surface area contributed by atoms with Crippen LogP contribution in [0, 0.1) is 0 Å². The Labute approximate surface area is 91.3 Å². The first kappa shape index (κ1) is 9.27. The molecular formula is C12H9NO3. The summed E-state index contributed by atoms with van der Waals surface area (Å²) in [5.41, 5.74) is 2.44. The van der Waals surface area contributed by atoms with Gasteiger partial charge in [-0.3, -0.25) is 14.4 Å². The van der Waals surface area contributed by atoms with E-state index in [4.69, 9.17) is 0 Å². The van der Waals surface area contributed by atoms with Crippen molar-refractivity contribution in [2.75, 3.05) is 0 Å². The van der Waals surface area contributed by atoms with Crippen molar-refractivity contribution < 1.29 is 14.4 Å². The summed E-state index contributed by atoms with van der Waals surface area (Å²) >= 11 is 0. The van der Waals surface area contributed by atoms with E-state index < -0.39 is 0 Å². The second kappa shape index (κ2) is 3.01. The van der Waals surface area contributed by atoms with Gasteiger partial charge in [0.05, 0.1) is 12.1 Å². The molecule has 1 aromatic rings. The van der Waals surface area contributed by atoms with Crippen molar-refractivity contribution in [2.24, 2.45) is 0 Å². The van der Waals surface area contributed by atoms with E-state index in [0.29, 0.717) is 23.4 Å². The molecule has 0 fully saturated rings. The number of fused-ring (bicyclic) bond motifs is 3. The Morgan fingerprint density at radius 2 is 1.94 bits per heavy atom. The molecule has 0 amide bonds. The second-order valence-electron chi connectivity index (χ2n) is 4.12. The molecule has 2 aliphatic rings. The molecule has 1 aromatic heterocycles. The highest BCUT2D eigenvalue weighted by Gasteiger charge is 2.31. The molecule has 0 spiro atoms. The predicted molar refractivity (Wildman–Crippen MR) is 55.6 cm³/mol. The number of carbonyl (C=O) groups excluding carboxylic acids is 3. The smallest absolute Gasteiger partial charge is 0.201 e. The van der Waals surface area contributed by atoms with Gasteiger partial charge < -0.3 is 4.98 Å². The van der Waals surface area contributed by atoms with Crippen molar-refractivity contribution in [3.8, 4) is 0 Å². The Morgan fingerprint density at radius 1 is 1.12 bits per heavy atom. The normalized spacial score (nSPS) is 18.6. The van der Waals surface area contributed by atoms with Crippen LogP contribution in [-0.4, -0.2) is 22.3 Å². The quantitative estimate of drug-likeness (QED) is 0.657. The summed E-state index contributed by atoms with van der Waals surface area (Å²) in [4.78, 5) is 37.5. The molecule has 0 saturated heterocycles. The van der Waals surface area contributed by atoms with Gasteiger partial charge in [0, 0.05) is 17.7 Å². The molecule has 0 bridgehead atoms. The first-order valence-electron chi connectivity index (χ1n) is 5.16. The number of rotatable bonds is 0. The maximum Gasteiger partial charge on any atom is 0.201 e. The van der Waals surface area contributed by atoms with Crippen LogP contribution in [0.4, 0.5) is 0 Å². The van der Waals surface area contributed by atoms with Gasteiger partial charge in [0.25, 0.3) is 0 Å². The van der Waals surface area contributed by atoms with Crippen molar-refractivity contribution in [1.29, 1.82) is 0 Å². The fourth-order valence-corrected chi connectivity index (χ4v) is 2.37. The zero-order chi connectivity index (χ0) is 11.3. The van der Waals surface area contributed by atoms with Crippen LogP contribution < -0.4 is 0 Å². The molecule has 2 aliphatic carbocycles. The van der Waals surface area contributed by atoms with Crippen LogP contribution in [0.2, 0.25) is 0 Å². The molecule has 80 valence electrons. The summed E-state index contributed by atoms with van der Waals surface area (Å²) in [6, 6.07) is 0. The fraction of sp³-hybridized carbons (Fsp3) is 0.250. The van der Waals surface area contributed by atoms with Crippen LogP contribution in [-0.2, 0) is 17.6 Å². The molecule has 3 rings (SSSR count). The lowest BCUT2D eigenvalue weighted by atomic mass is 9.89. The number of hydrogen-bond acceptors (Lipinski definition) is 3. The molecule has 1 N–H and O–H groups in total. The van der Waals surface area contributed by atoms with Gasteiger partial charge in [0.2, 0.25) is 5.78 Å². The summed E-state index contributed by atoms with van der Waals surface area (Å²) in [6.45, 7) is 0. The highest BCUT2D eigenvalue weighted by Crippen LogP contribution is 2.28. The van der Waals surface area contributed by atoms with Crippen LogP contribution in [0.25, 0.3) is 0 Å². The lowest BCUT2D eigenvalue weighted by Gasteiger charge is -2.10. The van der Waals surface area contributed by atoms with E-state index >= 15 is 0 Å². The Kier molecular flexibility index (Phi) is 1.74. The third-order valence-corrected chi connectivity index (χ3v) is 3.03. The van der Waals surface area contributed by atoms with Gasteiger partial charge in [-0.1, -0.05) is 6.08 Å². The topological polar surface area (TPSA) is 67.0 Å². The highest BCUT2D eigenvalue weighted by molar-refractivity contribution is 6.16. The molecule has 0 aliphatic heterocycles. The first-order chi connectivity index (χ1) is 7.66. The zero-order valence-corrected chi connectivity index (χ0v) is 8.50. The number of aromatic amines is 1. The van der Waals surface area contributed by atoms with Crippen molar-refractivity contribution in [1.82, 2.24) is 4.98 Å². The highest BCUT2D eigenvalue weighted by atomic mass is 16.2.